The monoisotopic (exact) mass is 352 g/mol. The molecule has 4 rings (SSSR count). The second-order valence-electron chi connectivity index (χ2n) is 6.31. The molecule has 0 saturated heterocycles. The van der Waals surface area contributed by atoms with Gasteiger partial charge in [0.05, 0.1) is 5.52 Å². The zero-order chi connectivity index (χ0) is 18.4. The fourth-order valence-electron chi connectivity index (χ4n) is 3.23. The van der Waals surface area contributed by atoms with Crippen LogP contribution < -0.4 is 16.0 Å². The third-order valence-corrected chi connectivity index (χ3v) is 4.58. The van der Waals surface area contributed by atoms with E-state index in [1.54, 1.807) is 30.7 Å². The van der Waals surface area contributed by atoms with Crippen LogP contribution in [0.25, 0.3) is 16.6 Å². The van der Waals surface area contributed by atoms with Crippen LogP contribution in [0.15, 0.2) is 35.5 Å². The molecule has 0 unspecified atom stereocenters. The van der Waals surface area contributed by atoms with Gasteiger partial charge in [0, 0.05) is 24.2 Å². The number of rotatable bonds is 3. The van der Waals surface area contributed by atoms with Gasteiger partial charge in [0.15, 0.2) is 5.75 Å². The summed E-state index contributed by atoms with van der Waals surface area (Å²) in [5, 5.41) is 8.88. The third-order valence-electron chi connectivity index (χ3n) is 4.58. The van der Waals surface area contributed by atoms with Gasteiger partial charge in [-0.2, -0.15) is 0 Å². The van der Waals surface area contributed by atoms with Crippen molar-refractivity contribution in [3.63, 3.8) is 0 Å². The summed E-state index contributed by atoms with van der Waals surface area (Å²) in [7, 11) is 0. The average Bonchev–Trinajstić information content (AvgIpc) is 3.43. The van der Waals surface area contributed by atoms with Crippen LogP contribution in [-0.4, -0.2) is 25.6 Å². The van der Waals surface area contributed by atoms with Crippen molar-refractivity contribution >= 4 is 17.6 Å². The third kappa shape index (κ3) is 2.65. The predicted octanol–water partition coefficient (Wildman–Crippen LogP) is 2.58. The Kier molecular flexibility index (Phi) is 3.61. The van der Waals surface area contributed by atoms with Crippen LogP contribution in [0.2, 0.25) is 0 Å². The first-order valence-electron chi connectivity index (χ1n) is 8.13. The molecular formula is C18H16N4O4. The first-order valence-corrected chi connectivity index (χ1v) is 8.13. The average molecular weight is 352 g/mol. The molecule has 1 aliphatic rings. The summed E-state index contributed by atoms with van der Waals surface area (Å²) >= 11 is 0. The number of hydrogen-bond donors (Lipinski definition) is 2. The van der Waals surface area contributed by atoms with Gasteiger partial charge in [-0.05, 0) is 54.5 Å². The predicted molar refractivity (Wildman–Crippen MR) is 94.5 cm³/mol. The lowest BCUT2D eigenvalue weighted by atomic mass is 9.99. The van der Waals surface area contributed by atoms with Crippen LogP contribution in [0.4, 0.5) is 10.7 Å². The topological polar surface area (TPSA) is 120 Å². The van der Waals surface area contributed by atoms with Gasteiger partial charge < -0.3 is 15.6 Å². The second kappa shape index (κ2) is 5.83. The number of pyridine rings is 2. The highest BCUT2D eigenvalue weighted by Crippen LogP contribution is 2.44. The van der Waals surface area contributed by atoms with Crippen LogP contribution in [0, 0.1) is 6.92 Å². The number of carboxylic acid groups (broad SMARTS) is 1. The summed E-state index contributed by atoms with van der Waals surface area (Å²) in [6.45, 7) is 1.92. The summed E-state index contributed by atoms with van der Waals surface area (Å²) in [4.78, 5) is 31.6. The molecule has 3 heterocycles. The molecule has 0 radical (unpaired) electrons. The summed E-state index contributed by atoms with van der Waals surface area (Å²) in [6.07, 6.45) is 5.38. The minimum Gasteiger partial charge on any atom is -0.449 e. The van der Waals surface area contributed by atoms with Crippen molar-refractivity contribution < 1.29 is 14.6 Å². The van der Waals surface area contributed by atoms with Crippen LogP contribution in [-0.2, 0) is 0 Å². The smallest absolute Gasteiger partial charge is 0.449 e. The molecule has 0 spiro atoms. The molecule has 8 heteroatoms. The van der Waals surface area contributed by atoms with Gasteiger partial charge in [0.2, 0.25) is 5.95 Å². The maximum Gasteiger partial charge on any atom is 0.511 e. The molecule has 0 bridgehead atoms. The van der Waals surface area contributed by atoms with Gasteiger partial charge in [-0.3, -0.25) is 9.20 Å². The van der Waals surface area contributed by atoms with E-state index >= 15 is 0 Å². The molecule has 1 fully saturated rings. The van der Waals surface area contributed by atoms with E-state index in [2.05, 4.69) is 14.7 Å². The van der Waals surface area contributed by atoms with Crippen LogP contribution in [0.1, 0.15) is 29.9 Å². The minimum absolute atomic E-state index is 0.181. The van der Waals surface area contributed by atoms with E-state index in [0.717, 1.165) is 40.6 Å². The Labute approximate surface area is 147 Å². The number of nitrogens with two attached hydrogens (primary N) is 1. The second-order valence-corrected chi connectivity index (χ2v) is 6.31. The van der Waals surface area contributed by atoms with E-state index in [-0.39, 0.29) is 11.7 Å². The van der Waals surface area contributed by atoms with Gasteiger partial charge >= 0.3 is 6.16 Å². The van der Waals surface area contributed by atoms with Gasteiger partial charge in [-0.15, -0.1) is 0 Å². The van der Waals surface area contributed by atoms with Gasteiger partial charge in [-0.25, -0.2) is 14.8 Å². The lowest BCUT2D eigenvalue weighted by molar-refractivity contribution is 0.143. The van der Waals surface area contributed by atoms with Crippen molar-refractivity contribution in [1.82, 2.24) is 14.4 Å². The Balaban J connectivity index is 1.99. The molecule has 0 aliphatic heterocycles. The van der Waals surface area contributed by atoms with E-state index < -0.39 is 11.7 Å². The molecule has 0 aromatic carbocycles. The number of carbonyl (C=O) groups is 1. The molecule has 8 nitrogen and oxygen atoms in total. The fraction of sp³-hybridized carbons (Fsp3) is 0.222. The van der Waals surface area contributed by atoms with Crippen molar-refractivity contribution in [2.45, 2.75) is 25.7 Å². The highest BCUT2D eigenvalue weighted by Gasteiger charge is 2.29. The first kappa shape index (κ1) is 16.1. The quantitative estimate of drug-likeness (QED) is 0.695. The summed E-state index contributed by atoms with van der Waals surface area (Å²) in [5.74, 6) is 0.302. The van der Waals surface area contributed by atoms with Crippen molar-refractivity contribution in [3.05, 3.63) is 52.2 Å². The number of nitrogens with zero attached hydrogens (tertiary/aromatic N) is 3. The normalized spacial score (nSPS) is 13.7. The number of hydrogen-bond acceptors (Lipinski definition) is 6. The van der Waals surface area contributed by atoms with Crippen molar-refractivity contribution in [2.24, 2.45) is 0 Å². The molecule has 3 N–H and O–H groups in total. The zero-order valence-electron chi connectivity index (χ0n) is 14.0. The number of ether oxygens (including phenoxy) is 1. The Bertz CT molecular complexity index is 1090. The Morgan fingerprint density at radius 2 is 2.04 bits per heavy atom. The van der Waals surface area contributed by atoms with E-state index in [0.29, 0.717) is 5.92 Å². The molecule has 0 atom stereocenters. The zero-order valence-corrected chi connectivity index (χ0v) is 14.0. The molecule has 132 valence electrons. The summed E-state index contributed by atoms with van der Waals surface area (Å²) in [5.41, 5.74) is 9.30. The number of anilines is 1. The number of aryl methyl sites for hydroxylation is 1. The highest BCUT2D eigenvalue weighted by molar-refractivity contribution is 5.77. The first-order chi connectivity index (χ1) is 12.5. The molecule has 3 aromatic heterocycles. The van der Waals surface area contributed by atoms with Gasteiger partial charge in [0.25, 0.3) is 5.56 Å². The highest BCUT2D eigenvalue weighted by atomic mass is 16.7. The SMILES string of the molecule is Cc1c(-c2cnc(N)nc2)ccn2c(=O)c(OC(=O)O)cc(C3CC3)c12. The lowest BCUT2D eigenvalue weighted by Gasteiger charge is -2.15. The van der Waals surface area contributed by atoms with Gasteiger partial charge in [-0.1, -0.05) is 0 Å². The Hall–Kier alpha value is -3.42. The maximum atomic E-state index is 12.6. The molecular weight excluding hydrogens is 336 g/mol. The molecule has 1 aliphatic carbocycles. The molecule has 3 aromatic rings. The van der Waals surface area contributed by atoms with Crippen molar-refractivity contribution in [2.75, 3.05) is 5.73 Å². The van der Waals surface area contributed by atoms with E-state index in [1.807, 2.05) is 6.92 Å². The number of fused-ring (bicyclic) bond motifs is 1. The summed E-state index contributed by atoms with van der Waals surface area (Å²) < 4.78 is 6.14. The van der Waals surface area contributed by atoms with E-state index in [4.69, 9.17) is 10.8 Å². The number of nitrogen functional groups attached to an aromatic ring is 1. The maximum absolute atomic E-state index is 12.6. The molecule has 0 amide bonds. The lowest BCUT2D eigenvalue weighted by Crippen LogP contribution is -2.20. The standard InChI is InChI=1S/C18H16N4O4/c1-9-12(11-7-20-17(19)21-8-11)4-5-22-15(9)13(10-2-3-10)6-14(16(22)23)26-18(24)25/h4-8,10H,2-3H2,1H3,(H,24,25)(H2,19,20,21). The fourth-order valence-corrected chi connectivity index (χ4v) is 3.23. The van der Waals surface area contributed by atoms with E-state index in [1.165, 1.54) is 4.40 Å². The van der Waals surface area contributed by atoms with Crippen molar-refractivity contribution in [3.8, 4) is 16.9 Å². The van der Waals surface area contributed by atoms with Crippen LogP contribution in [0.5, 0.6) is 5.75 Å². The Morgan fingerprint density at radius 1 is 1.35 bits per heavy atom. The van der Waals surface area contributed by atoms with Gasteiger partial charge in [0.1, 0.15) is 0 Å². The van der Waals surface area contributed by atoms with Crippen molar-refractivity contribution in [1.29, 1.82) is 0 Å². The molecule has 26 heavy (non-hydrogen) atoms. The van der Waals surface area contributed by atoms with Crippen LogP contribution >= 0.6 is 0 Å². The van der Waals surface area contributed by atoms with E-state index in [9.17, 15) is 9.59 Å². The minimum atomic E-state index is -1.50. The van der Waals surface area contributed by atoms with Crippen LogP contribution in [0.3, 0.4) is 0 Å². The molecule has 1 saturated carbocycles. The Morgan fingerprint density at radius 3 is 2.65 bits per heavy atom. The largest absolute Gasteiger partial charge is 0.511 e. The summed E-state index contributed by atoms with van der Waals surface area (Å²) in [6, 6.07) is 3.33. The number of aromatic nitrogens is 3.